The van der Waals surface area contributed by atoms with Crippen molar-refractivity contribution in [2.24, 2.45) is 0 Å². The van der Waals surface area contributed by atoms with Gasteiger partial charge in [-0.2, -0.15) is 4.98 Å². The summed E-state index contributed by atoms with van der Waals surface area (Å²) >= 11 is 0. The van der Waals surface area contributed by atoms with Gasteiger partial charge in [0.05, 0.1) is 0 Å². The Bertz CT molecular complexity index is 904. The molecular formula is C20H23N5O. The molecule has 0 atom stereocenters. The summed E-state index contributed by atoms with van der Waals surface area (Å²) in [6.07, 6.45) is 0. The summed E-state index contributed by atoms with van der Waals surface area (Å²) in [5, 5.41) is 11.3. The zero-order chi connectivity index (χ0) is 18.4. The Hall–Kier alpha value is -3.15. The summed E-state index contributed by atoms with van der Waals surface area (Å²) in [7, 11) is 0. The predicted molar refractivity (Wildman–Crippen MR) is 106 cm³/mol. The normalized spacial score (nSPS) is 10.5. The fourth-order valence-electron chi connectivity index (χ4n) is 2.78. The molecule has 0 unspecified atom stereocenters. The molecular weight excluding hydrogens is 326 g/mol. The molecule has 0 radical (unpaired) electrons. The molecule has 1 aromatic heterocycles. The van der Waals surface area contributed by atoms with Gasteiger partial charge in [0.2, 0.25) is 5.95 Å². The summed E-state index contributed by atoms with van der Waals surface area (Å²) in [5.74, 6) is 1.28. The maximum Gasteiger partial charge on any atom is 0.251 e. The van der Waals surface area contributed by atoms with Crippen molar-refractivity contribution in [1.82, 2.24) is 15.3 Å². The second-order valence-electron chi connectivity index (χ2n) is 5.96. The molecule has 6 heteroatoms. The van der Waals surface area contributed by atoms with Crippen molar-refractivity contribution >= 4 is 28.4 Å². The van der Waals surface area contributed by atoms with Crippen molar-refractivity contribution < 1.29 is 4.79 Å². The van der Waals surface area contributed by atoms with Crippen LogP contribution >= 0.6 is 0 Å². The van der Waals surface area contributed by atoms with Gasteiger partial charge >= 0.3 is 0 Å². The van der Waals surface area contributed by atoms with Gasteiger partial charge in [0.25, 0.3) is 5.91 Å². The van der Waals surface area contributed by atoms with Crippen LogP contribution in [-0.4, -0.2) is 35.5 Å². The van der Waals surface area contributed by atoms with Crippen LogP contribution in [0.2, 0.25) is 0 Å². The number of carbonyl (C=O) groups excluding carboxylic acids is 1. The van der Waals surface area contributed by atoms with Crippen LogP contribution < -0.4 is 16.0 Å². The van der Waals surface area contributed by atoms with Crippen LogP contribution in [0.15, 0.2) is 48.5 Å². The third-order valence-corrected chi connectivity index (χ3v) is 3.94. The minimum Gasteiger partial charge on any atom is -0.368 e. The Morgan fingerprint density at radius 2 is 1.81 bits per heavy atom. The summed E-state index contributed by atoms with van der Waals surface area (Å²) in [6, 6.07) is 15.5. The molecule has 1 amide bonds. The van der Waals surface area contributed by atoms with Crippen molar-refractivity contribution in [1.29, 1.82) is 0 Å². The minimum atomic E-state index is -0.0733. The van der Waals surface area contributed by atoms with E-state index >= 15 is 0 Å². The van der Waals surface area contributed by atoms with Gasteiger partial charge in [0.15, 0.2) is 0 Å². The first-order valence-corrected chi connectivity index (χ1v) is 8.77. The Morgan fingerprint density at radius 3 is 2.65 bits per heavy atom. The van der Waals surface area contributed by atoms with Crippen LogP contribution in [-0.2, 0) is 0 Å². The standard InChI is InChI=1S/C20H23N5O/c1-3-21-20-24-14(2)13-18(25-20)22-11-12-23-19(26)17-10-6-8-15-7-4-5-9-16(15)17/h4-10,13H,3,11-12H2,1-2H3,(H,23,26)(H2,21,22,24,25). The van der Waals surface area contributed by atoms with Crippen molar-refractivity contribution in [3.8, 4) is 0 Å². The van der Waals surface area contributed by atoms with E-state index in [1.54, 1.807) is 0 Å². The first-order valence-electron chi connectivity index (χ1n) is 8.77. The predicted octanol–water partition coefficient (Wildman–Crippen LogP) is 3.21. The van der Waals surface area contributed by atoms with Crippen LogP contribution in [0.1, 0.15) is 23.0 Å². The molecule has 0 spiro atoms. The second-order valence-corrected chi connectivity index (χ2v) is 5.96. The fraction of sp³-hybridized carbons (Fsp3) is 0.250. The molecule has 2 aromatic carbocycles. The molecule has 1 heterocycles. The molecule has 0 fully saturated rings. The topological polar surface area (TPSA) is 78.9 Å². The van der Waals surface area contributed by atoms with Gasteiger partial charge in [-0.25, -0.2) is 4.98 Å². The lowest BCUT2D eigenvalue weighted by molar-refractivity contribution is 0.0957. The molecule has 6 nitrogen and oxygen atoms in total. The maximum atomic E-state index is 12.5. The van der Waals surface area contributed by atoms with Crippen LogP contribution in [0.3, 0.4) is 0 Å². The van der Waals surface area contributed by atoms with E-state index in [2.05, 4.69) is 25.9 Å². The lowest BCUT2D eigenvalue weighted by Crippen LogP contribution is -2.29. The summed E-state index contributed by atoms with van der Waals surface area (Å²) < 4.78 is 0. The van der Waals surface area contributed by atoms with Gasteiger partial charge in [0, 0.05) is 37.0 Å². The molecule has 0 bridgehead atoms. The molecule has 0 saturated carbocycles. The number of hydrogen-bond acceptors (Lipinski definition) is 5. The van der Waals surface area contributed by atoms with Crippen molar-refractivity contribution in [3.63, 3.8) is 0 Å². The number of aromatic nitrogens is 2. The summed E-state index contributed by atoms with van der Waals surface area (Å²) in [6.45, 7) is 5.78. The van der Waals surface area contributed by atoms with E-state index in [4.69, 9.17) is 0 Å². The smallest absolute Gasteiger partial charge is 0.251 e. The third kappa shape index (κ3) is 4.27. The number of rotatable bonds is 7. The summed E-state index contributed by atoms with van der Waals surface area (Å²) in [5.41, 5.74) is 1.58. The Labute approximate surface area is 153 Å². The van der Waals surface area contributed by atoms with Crippen LogP contribution in [0.5, 0.6) is 0 Å². The molecule has 3 rings (SSSR count). The van der Waals surface area contributed by atoms with Gasteiger partial charge in [-0.3, -0.25) is 4.79 Å². The zero-order valence-corrected chi connectivity index (χ0v) is 15.0. The quantitative estimate of drug-likeness (QED) is 0.571. The molecule has 0 aliphatic carbocycles. The van der Waals surface area contributed by atoms with E-state index in [0.29, 0.717) is 24.6 Å². The number of aryl methyl sites for hydroxylation is 1. The number of carbonyl (C=O) groups is 1. The number of hydrogen-bond donors (Lipinski definition) is 3. The Balaban J connectivity index is 1.57. The van der Waals surface area contributed by atoms with Gasteiger partial charge < -0.3 is 16.0 Å². The van der Waals surface area contributed by atoms with Gasteiger partial charge in [-0.15, -0.1) is 0 Å². The van der Waals surface area contributed by atoms with E-state index < -0.39 is 0 Å². The minimum absolute atomic E-state index is 0.0733. The number of benzene rings is 2. The fourth-order valence-corrected chi connectivity index (χ4v) is 2.78. The number of fused-ring (bicyclic) bond motifs is 1. The average Bonchev–Trinajstić information content (AvgIpc) is 2.64. The maximum absolute atomic E-state index is 12.5. The second kappa shape index (κ2) is 8.29. The molecule has 0 aliphatic heterocycles. The highest BCUT2D eigenvalue weighted by Gasteiger charge is 2.09. The zero-order valence-electron chi connectivity index (χ0n) is 15.0. The van der Waals surface area contributed by atoms with Gasteiger partial charge in [0.1, 0.15) is 5.82 Å². The van der Waals surface area contributed by atoms with Crippen molar-refractivity contribution in [2.45, 2.75) is 13.8 Å². The highest BCUT2D eigenvalue weighted by atomic mass is 16.1. The van der Waals surface area contributed by atoms with Crippen molar-refractivity contribution in [3.05, 3.63) is 59.8 Å². The average molecular weight is 349 g/mol. The van der Waals surface area contributed by atoms with Gasteiger partial charge in [-0.1, -0.05) is 36.4 Å². The third-order valence-electron chi connectivity index (χ3n) is 3.94. The highest BCUT2D eigenvalue weighted by Crippen LogP contribution is 2.18. The van der Waals surface area contributed by atoms with Crippen LogP contribution in [0.4, 0.5) is 11.8 Å². The lowest BCUT2D eigenvalue weighted by atomic mass is 10.0. The van der Waals surface area contributed by atoms with Gasteiger partial charge in [-0.05, 0) is 30.7 Å². The number of nitrogens with one attached hydrogen (secondary N) is 3. The molecule has 3 aromatic rings. The largest absolute Gasteiger partial charge is 0.368 e. The first-order chi connectivity index (χ1) is 12.7. The molecule has 0 aliphatic rings. The molecule has 0 saturated heterocycles. The monoisotopic (exact) mass is 349 g/mol. The number of nitrogens with zero attached hydrogens (tertiary/aromatic N) is 2. The highest BCUT2D eigenvalue weighted by molar-refractivity contribution is 6.06. The van der Waals surface area contributed by atoms with E-state index in [9.17, 15) is 4.79 Å². The lowest BCUT2D eigenvalue weighted by Gasteiger charge is -2.11. The van der Waals surface area contributed by atoms with E-state index in [0.717, 1.165) is 28.8 Å². The molecule has 26 heavy (non-hydrogen) atoms. The van der Waals surface area contributed by atoms with Crippen LogP contribution in [0.25, 0.3) is 10.8 Å². The Morgan fingerprint density at radius 1 is 1.00 bits per heavy atom. The number of amides is 1. The van der Waals surface area contributed by atoms with E-state index in [1.165, 1.54) is 0 Å². The number of anilines is 2. The Kier molecular flexibility index (Phi) is 5.63. The molecule has 3 N–H and O–H groups in total. The molecule has 134 valence electrons. The van der Waals surface area contributed by atoms with E-state index in [-0.39, 0.29) is 5.91 Å². The SMILES string of the molecule is CCNc1nc(C)cc(NCCNC(=O)c2cccc3ccccc23)n1. The van der Waals surface area contributed by atoms with Crippen molar-refractivity contribution in [2.75, 3.05) is 30.3 Å². The van der Waals surface area contributed by atoms with E-state index in [1.807, 2.05) is 62.4 Å². The van der Waals surface area contributed by atoms with Crippen LogP contribution in [0, 0.1) is 6.92 Å². The summed E-state index contributed by atoms with van der Waals surface area (Å²) in [4.78, 5) is 21.2. The first kappa shape index (κ1) is 17.7.